The fourth-order valence-corrected chi connectivity index (χ4v) is 4.81. The van der Waals surface area contributed by atoms with Gasteiger partial charge in [0.15, 0.2) is 5.96 Å². The Morgan fingerprint density at radius 1 is 1.07 bits per heavy atom. The molecule has 228 valence electrons. The van der Waals surface area contributed by atoms with E-state index < -0.39 is 36.0 Å². The van der Waals surface area contributed by atoms with Gasteiger partial charge in [0.25, 0.3) is 0 Å². The van der Waals surface area contributed by atoms with Crippen LogP contribution in [0.1, 0.15) is 58.4 Å². The Morgan fingerprint density at radius 3 is 2.34 bits per heavy atom. The number of rotatable bonds is 15. The highest BCUT2D eigenvalue weighted by Crippen LogP contribution is 2.20. The van der Waals surface area contributed by atoms with E-state index in [1.54, 1.807) is 12.1 Å². The van der Waals surface area contributed by atoms with Crippen molar-refractivity contribution in [3.8, 4) is 5.75 Å². The molecule has 1 aliphatic rings. The average Bonchev–Trinajstić information content (AvgIpc) is 3.40. The second-order valence-corrected chi connectivity index (χ2v) is 10.8. The van der Waals surface area contributed by atoms with Crippen LogP contribution >= 0.6 is 0 Å². The van der Waals surface area contributed by atoms with Gasteiger partial charge in [-0.15, -0.1) is 0 Å². The molecular weight excluding hydrogens is 528 g/mol. The highest BCUT2D eigenvalue weighted by Gasteiger charge is 2.38. The number of benzene rings is 1. The van der Waals surface area contributed by atoms with Crippen LogP contribution in [0.4, 0.5) is 0 Å². The number of phenols is 1. The molecule has 1 fully saturated rings. The normalized spacial score (nSPS) is 16.9. The predicted octanol–water partition coefficient (Wildman–Crippen LogP) is -0.332. The number of hydrogen-bond donors (Lipinski definition) is 8. The van der Waals surface area contributed by atoms with Crippen LogP contribution in [0.2, 0.25) is 0 Å². The smallest absolute Gasteiger partial charge is 0.245 e. The summed E-state index contributed by atoms with van der Waals surface area (Å²) in [6, 6.07) is 2.94. The van der Waals surface area contributed by atoms with Gasteiger partial charge in [0.1, 0.15) is 23.9 Å². The summed E-state index contributed by atoms with van der Waals surface area (Å²) in [5.74, 6) is -1.67. The van der Waals surface area contributed by atoms with Crippen molar-refractivity contribution in [1.82, 2.24) is 26.2 Å². The number of amides is 4. The maximum Gasteiger partial charge on any atom is 0.245 e. The van der Waals surface area contributed by atoms with Gasteiger partial charge in [0, 0.05) is 19.6 Å². The van der Waals surface area contributed by atoms with Crippen molar-refractivity contribution in [2.45, 2.75) is 83.5 Å². The van der Waals surface area contributed by atoms with Crippen molar-refractivity contribution in [3.05, 3.63) is 29.8 Å². The first-order valence-corrected chi connectivity index (χ1v) is 14.2. The molecule has 4 amide bonds. The Kier molecular flexibility index (Phi) is 13.3. The Labute approximate surface area is 241 Å². The molecule has 13 nitrogen and oxygen atoms in total. The van der Waals surface area contributed by atoms with Crippen LogP contribution in [-0.4, -0.2) is 83.4 Å². The highest BCUT2D eigenvalue weighted by molar-refractivity contribution is 5.95. The van der Waals surface area contributed by atoms with Crippen LogP contribution in [-0.2, 0) is 25.6 Å². The minimum atomic E-state index is -0.941. The van der Waals surface area contributed by atoms with E-state index in [9.17, 15) is 24.3 Å². The second-order valence-electron chi connectivity index (χ2n) is 10.8. The number of aromatic hydroxyl groups is 1. The standard InChI is InChI=1S/C28H46N8O5/c1-4-32-26(40)23-8-6-14-36(23)27(41)21(7-5-13-33-28(30)31)34-25(39)22(15-17(2)3)35-24(38)20(29)16-18-9-11-19(37)12-10-18/h9-12,17,20-23,37H,4-8,13-16,29H2,1-3H3,(H,32,40)(H,34,39)(H,35,38)(H4,30,31,33)/t20?,21-,22+,23-/m0/s1. The molecule has 1 unspecified atom stereocenters. The van der Waals surface area contributed by atoms with E-state index in [4.69, 9.17) is 16.9 Å². The lowest BCUT2D eigenvalue weighted by molar-refractivity contribution is -0.142. The summed E-state index contributed by atoms with van der Waals surface area (Å²) in [4.78, 5) is 54.2. The van der Waals surface area contributed by atoms with Crippen LogP contribution in [0.15, 0.2) is 24.3 Å². The van der Waals surface area contributed by atoms with Gasteiger partial charge in [-0.25, -0.2) is 0 Å². The highest BCUT2D eigenvalue weighted by atomic mass is 16.3. The number of nitrogens with one attached hydrogen (secondary N) is 5. The molecule has 41 heavy (non-hydrogen) atoms. The molecule has 0 bridgehead atoms. The maximum absolute atomic E-state index is 13.6. The number of carbonyl (C=O) groups excluding carboxylic acids is 4. The molecule has 1 saturated heterocycles. The molecule has 13 heteroatoms. The maximum atomic E-state index is 13.6. The van der Waals surface area contributed by atoms with E-state index in [0.717, 1.165) is 5.56 Å². The predicted molar refractivity (Wildman–Crippen MR) is 156 cm³/mol. The van der Waals surface area contributed by atoms with Crippen molar-refractivity contribution >= 4 is 29.6 Å². The lowest BCUT2D eigenvalue weighted by Crippen LogP contribution is -2.58. The number of carbonyl (C=O) groups is 4. The lowest BCUT2D eigenvalue weighted by atomic mass is 10.0. The molecule has 0 aliphatic carbocycles. The van der Waals surface area contributed by atoms with E-state index in [2.05, 4.69) is 21.3 Å². The van der Waals surface area contributed by atoms with Crippen LogP contribution in [0.3, 0.4) is 0 Å². The first-order chi connectivity index (χ1) is 19.4. The molecular formula is C28H46N8O5. The summed E-state index contributed by atoms with van der Waals surface area (Å²) < 4.78 is 0. The van der Waals surface area contributed by atoms with Gasteiger partial charge in [-0.05, 0) is 69.1 Å². The van der Waals surface area contributed by atoms with Crippen molar-refractivity contribution in [3.63, 3.8) is 0 Å². The topological polar surface area (TPSA) is 216 Å². The minimum Gasteiger partial charge on any atom is -0.508 e. The Bertz CT molecular complexity index is 1050. The van der Waals surface area contributed by atoms with Crippen LogP contribution in [0.5, 0.6) is 5.75 Å². The van der Waals surface area contributed by atoms with E-state index in [-0.39, 0.29) is 42.3 Å². The molecule has 4 atom stereocenters. The molecule has 1 aromatic rings. The molecule has 0 radical (unpaired) electrons. The van der Waals surface area contributed by atoms with Crippen molar-refractivity contribution < 1.29 is 24.3 Å². The molecule has 1 aliphatic heterocycles. The van der Waals surface area contributed by atoms with Gasteiger partial charge in [0.05, 0.1) is 6.04 Å². The Hall–Kier alpha value is -3.87. The number of guanidine groups is 1. The molecule has 1 heterocycles. The van der Waals surface area contributed by atoms with E-state index in [1.807, 2.05) is 20.8 Å². The summed E-state index contributed by atoms with van der Waals surface area (Å²) in [5.41, 5.74) is 12.3. The van der Waals surface area contributed by atoms with Gasteiger partial charge in [-0.3, -0.25) is 24.6 Å². The quantitative estimate of drug-likeness (QED) is 0.0786. The number of hydrogen-bond acceptors (Lipinski definition) is 7. The third-order valence-electron chi connectivity index (χ3n) is 6.86. The monoisotopic (exact) mass is 574 g/mol. The van der Waals surface area contributed by atoms with E-state index in [1.165, 1.54) is 17.0 Å². The summed E-state index contributed by atoms with van der Waals surface area (Å²) in [6.07, 6.45) is 2.41. The number of nitrogens with two attached hydrogens (primary N) is 2. The van der Waals surface area contributed by atoms with E-state index >= 15 is 0 Å². The molecule has 2 rings (SSSR count). The van der Waals surface area contributed by atoms with Gasteiger partial charge in [0.2, 0.25) is 23.6 Å². The number of likely N-dealkylation sites (tertiary alicyclic amines) is 1. The van der Waals surface area contributed by atoms with Gasteiger partial charge in [-0.1, -0.05) is 26.0 Å². The van der Waals surface area contributed by atoms with Crippen LogP contribution in [0.25, 0.3) is 0 Å². The van der Waals surface area contributed by atoms with Crippen LogP contribution in [0, 0.1) is 11.3 Å². The van der Waals surface area contributed by atoms with Crippen molar-refractivity contribution in [2.24, 2.45) is 17.4 Å². The van der Waals surface area contributed by atoms with Gasteiger partial charge >= 0.3 is 0 Å². The first-order valence-electron chi connectivity index (χ1n) is 14.2. The molecule has 1 aromatic carbocycles. The zero-order valence-corrected chi connectivity index (χ0v) is 24.2. The number of nitrogens with zero attached hydrogens (tertiary/aromatic N) is 1. The van der Waals surface area contributed by atoms with Crippen molar-refractivity contribution in [2.75, 3.05) is 19.6 Å². The minimum absolute atomic E-state index is 0.0500. The summed E-state index contributed by atoms with van der Waals surface area (Å²) >= 11 is 0. The third kappa shape index (κ3) is 10.9. The molecule has 0 aromatic heterocycles. The summed E-state index contributed by atoms with van der Waals surface area (Å²) in [7, 11) is 0. The summed E-state index contributed by atoms with van der Waals surface area (Å²) in [5, 5.41) is 27.9. The van der Waals surface area contributed by atoms with Gasteiger partial charge < -0.3 is 42.7 Å². The lowest BCUT2D eigenvalue weighted by Gasteiger charge is -2.30. The molecule has 0 saturated carbocycles. The first kappa shape index (κ1) is 33.3. The largest absolute Gasteiger partial charge is 0.508 e. The second kappa shape index (κ2) is 16.4. The third-order valence-corrected chi connectivity index (χ3v) is 6.86. The molecule has 10 N–H and O–H groups in total. The fourth-order valence-electron chi connectivity index (χ4n) is 4.81. The number of phenolic OH excluding ortho intramolecular Hbond substituents is 1. The fraction of sp³-hybridized carbons (Fsp3) is 0.607. The molecule has 0 spiro atoms. The Balaban J connectivity index is 2.16. The Morgan fingerprint density at radius 2 is 1.73 bits per heavy atom. The van der Waals surface area contributed by atoms with E-state index in [0.29, 0.717) is 45.3 Å². The van der Waals surface area contributed by atoms with Crippen molar-refractivity contribution in [1.29, 1.82) is 5.41 Å². The van der Waals surface area contributed by atoms with Crippen LogP contribution < -0.4 is 32.7 Å². The zero-order chi connectivity index (χ0) is 30.5. The summed E-state index contributed by atoms with van der Waals surface area (Å²) in [6.45, 7) is 6.81. The van der Waals surface area contributed by atoms with Gasteiger partial charge in [-0.2, -0.15) is 0 Å². The number of likely N-dealkylation sites (N-methyl/N-ethyl adjacent to an activating group) is 1. The average molecular weight is 575 g/mol. The zero-order valence-electron chi connectivity index (χ0n) is 24.2. The SMILES string of the molecule is CCNC(=O)[C@@H]1CCCN1C(=O)[C@H](CCCNC(=N)N)NC(=O)[C@@H](CC(C)C)NC(=O)C(N)Cc1ccc(O)cc1.